The second kappa shape index (κ2) is 13.0. The van der Waals surface area contributed by atoms with Gasteiger partial charge in [-0.1, -0.05) is 36.8 Å². The van der Waals surface area contributed by atoms with Crippen LogP contribution in [0.1, 0.15) is 23.9 Å². The van der Waals surface area contributed by atoms with Gasteiger partial charge >= 0.3 is 0 Å². The Balaban J connectivity index is 0.00000338. The van der Waals surface area contributed by atoms with Crippen LogP contribution in [-0.2, 0) is 18.7 Å². The summed E-state index contributed by atoms with van der Waals surface area (Å²) in [5, 5.41) is 14.7. The number of halogens is 1. The van der Waals surface area contributed by atoms with E-state index in [1.54, 1.807) is 13.4 Å². The van der Waals surface area contributed by atoms with Crippen molar-refractivity contribution in [1.29, 1.82) is 0 Å². The number of thioether (sulfide) groups is 1. The summed E-state index contributed by atoms with van der Waals surface area (Å²) in [6.45, 7) is 6.72. The molecule has 0 amide bonds. The maximum Gasteiger partial charge on any atom is 0.191 e. The van der Waals surface area contributed by atoms with E-state index in [0.29, 0.717) is 0 Å². The van der Waals surface area contributed by atoms with Crippen LogP contribution in [-0.4, -0.2) is 46.6 Å². The highest BCUT2D eigenvalue weighted by Gasteiger charge is 2.02. The molecule has 26 heavy (non-hydrogen) atoms. The van der Waals surface area contributed by atoms with E-state index in [9.17, 15) is 0 Å². The fraction of sp³-hybridized carbons (Fsp3) is 0.500. The monoisotopic (exact) mass is 488 g/mol. The van der Waals surface area contributed by atoms with Crippen molar-refractivity contribution in [2.45, 2.75) is 32.6 Å². The van der Waals surface area contributed by atoms with E-state index in [2.05, 4.69) is 68.5 Å². The maximum absolute atomic E-state index is 4.26. The summed E-state index contributed by atoms with van der Waals surface area (Å²) in [5.41, 5.74) is 2.68. The molecule has 0 bridgehead atoms. The summed E-state index contributed by atoms with van der Waals surface area (Å²) >= 11 is 1.93. The molecule has 0 aliphatic rings. The third-order valence-corrected chi connectivity index (χ3v) is 4.84. The standard InChI is InChI=1S/C18H28N6S.HI/c1-4-17-23-22-14-24(17)11-9-20-18(19-3)21-10-12-25-13-16-7-5-15(2)6-8-16;/h5-8,14H,4,9-13H2,1-3H3,(H2,19,20,21);1H. The summed E-state index contributed by atoms with van der Waals surface area (Å²) < 4.78 is 2.07. The first-order valence-electron chi connectivity index (χ1n) is 8.67. The molecule has 0 atom stereocenters. The fourth-order valence-electron chi connectivity index (χ4n) is 2.37. The zero-order valence-corrected chi connectivity index (χ0v) is 18.9. The Kier molecular flexibility index (Phi) is 11.3. The number of aromatic nitrogens is 3. The molecule has 144 valence electrons. The van der Waals surface area contributed by atoms with Crippen molar-refractivity contribution in [2.75, 3.05) is 25.9 Å². The van der Waals surface area contributed by atoms with Crippen molar-refractivity contribution in [1.82, 2.24) is 25.4 Å². The fourth-order valence-corrected chi connectivity index (χ4v) is 3.19. The Hall–Kier alpha value is -1.29. The topological polar surface area (TPSA) is 67.1 Å². The van der Waals surface area contributed by atoms with Gasteiger partial charge in [0.15, 0.2) is 5.96 Å². The maximum atomic E-state index is 4.26. The number of benzene rings is 1. The van der Waals surface area contributed by atoms with Crippen LogP contribution in [0.3, 0.4) is 0 Å². The molecular weight excluding hydrogens is 459 g/mol. The molecule has 0 radical (unpaired) electrons. The first-order valence-corrected chi connectivity index (χ1v) is 9.83. The normalized spacial score (nSPS) is 11.1. The van der Waals surface area contributed by atoms with Gasteiger partial charge in [0.05, 0.1) is 0 Å². The molecule has 0 aliphatic carbocycles. The second-order valence-corrected chi connectivity index (χ2v) is 6.86. The quantitative estimate of drug-likeness (QED) is 0.246. The Bertz CT molecular complexity index is 656. The van der Waals surface area contributed by atoms with Crippen LogP contribution in [0.15, 0.2) is 35.6 Å². The van der Waals surface area contributed by atoms with E-state index in [-0.39, 0.29) is 24.0 Å². The SMILES string of the molecule is CCc1nncn1CCNC(=NC)NCCSCc1ccc(C)cc1.I. The number of aliphatic imine (C=N–C) groups is 1. The van der Waals surface area contributed by atoms with Gasteiger partial charge in [-0.15, -0.1) is 34.2 Å². The molecule has 0 saturated heterocycles. The highest BCUT2D eigenvalue weighted by Crippen LogP contribution is 2.12. The van der Waals surface area contributed by atoms with Gasteiger partial charge in [-0.05, 0) is 12.5 Å². The van der Waals surface area contributed by atoms with Gasteiger partial charge < -0.3 is 15.2 Å². The van der Waals surface area contributed by atoms with Gasteiger partial charge in [0.1, 0.15) is 12.2 Å². The third-order valence-electron chi connectivity index (χ3n) is 3.81. The predicted molar refractivity (Wildman–Crippen MR) is 122 cm³/mol. The lowest BCUT2D eigenvalue weighted by molar-refractivity contribution is 0.634. The lowest BCUT2D eigenvalue weighted by atomic mass is 10.2. The zero-order chi connectivity index (χ0) is 17.9. The van der Waals surface area contributed by atoms with Crippen LogP contribution in [0.25, 0.3) is 0 Å². The summed E-state index contributed by atoms with van der Waals surface area (Å²) in [4.78, 5) is 4.26. The lowest BCUT2D eigenvalue weighted by Crippen LogP contribution is -2.39. The van der Waals surface area contributed by atoms with Crippen molar-refractivity contribution in [3.63, 3.8) is 0 Å². The Morgan fingerprint density at radius 3 is 2.62 bits per heavy atom. The Morgan fingerprint density at radius 2 is 1.92 bits per heavy atom. The number of hydrogen-bond acceptors (Lipinski definition) is 4. The van der Waals surface area contributed by atoms with Crippen LogP contribution in [0.4, 0.5) is 0 Å². The first-order chi connectivity index (χ1) is 12.2. The largest absolute Gasteiger partial charge is 0.356 e. The summed E-state index contributed by atoms with van der Waals surface area (Å²) in [5.74, 6) is 3.93. The van der Waals surface area contributed by atoms with Crippen molar-refractivity contribution < 1.29 is 0 Å². The Labute approximate surface area is 177 Å². The highest BCUT2D eigenvalue weighted by atomic mass is 127. The molecule has 0 fully saturated rings. The molecule has 0 spiro atoms. The molecule has 8 heteroatoms. The molecule has 0 unspecified atom stereocenters. The average molecular weight is 488 g/mol. The Morgan fingerprint density at radius 1 is 1.19 bits per heavy atom. The molecule has 0 aliphatic heterocycles. The minimum atomic E-state index is 0. The molecule has 2 N–H and O–H groups in total. The molecule has 0 saturated carbocycles. The average Bonchev–Trinajstić information content (AvgIpc) is 3.09. The van der Waals surface area contributed by atoms with Crippen molar-refractivity contribution in [3.8, 4) is 0 Å². The first kappa shape index (κ1) is 22.8. The molecule has 1 aromatic carbocycles. The molecule has 1 aromatic heterocycles. The highest BCUT2D eigenvalue weighted by molar-refractivity contribution is 14.0. The molecule has 2 rings (SSSR count). The van der Waals surface area contributed by atoms with E-state index in [1.807, 2.05) is 11.8 Å². The number of guanidine groups is 1. The van der Waals surface area contributed by atoms with E-state index < -0.39 is 0 Å². The van der Waals surface area contributed by atoms with E-state index in [1.165, 1.54) is 11.1 Å². The van der Waals surface area contributed by atoms with E-state index >= 15 is 0 Å². The minimum Gasteiger partial charge on any atom is -0.356 e. The molecule has 1 heterocycles. The summed E-state index contributed by atoms with van der Waals surface area (Å²) in [7, 11) is 1.80. The lowest BCUT2D eigenvalue weighted by Gasteiger charge is -2.12. The van der Waals surface area contributed by atoms with E-state index in [0.717, 1.165) is 49.3 Å². The van der Waals surface area contributed by atoms with E-state index in [4.69, 9.17) is 0 Å². The van der Waals surface area contributed by atoms with Crippen LogP contribution >= 0.6 is 35.7 Å². The predicted octanol–water partition coefficient (Wildman–Crippen LogP) is 2.87. The second-order valence-electron chi connectivity index (χ2n) is 5.76. The molecule has 6 nitrogen and oxygen atoms in total. The van der Waals surface area contributed by atoms with Crippen molar-refractivity contribution in [2.24, 2.45) is 4.99 Å². The van der Waals surface area contributed by atoms with Crippen LogP contribution in [0.2, 0.25) is 0 Å². The van der Waals surface area contributed by atoms with Crippen molar-refractivity contribution >= 4 is 41.7 Å². The van der Waals surface area contributed by atoms with Crippen LogP contribution in [0, 0.1) is 6.92 Å². The molecule has 2 aromatic rings. The van der Waals surface area contributed by atoms with Gasteiger partial charge in [0.25, 0.3) is 0 Å². The number of nitrogens with zero attached hydrogens (tertiary/aromatic N) is 4. The minimum absolute atomic E-state index is 0. The van der Waals surface area contributed by atoms with Crippen LogP contribution < -0.4 is 10.6 Å². The molecular formula is C18H29IN6S. The summed E-state index contributed by atoms with van der Waals surface area (Å²) in [6.07, 6.45) is 2.67. The van der Waals surface area contributed by atoms with Crippen LogP contribution in [0.5, 0.6) is 0 Å². The van der Waals surface area contributed by atoms with Gasteiger partial charge in [0.2, 0.25) is 0 Å². The number of aryl methyl sites for hydroxylation is 2. The summed E-state index contributed by atoms with van der Waals surface area (Å²) in [6, 6.07) is 8.73. The third kappa shape index (κ3) is 7.94. The van der Waals surface area contributed by atoms with Gasteiger partial charge in [-0.2, -0.15) is 11.8 Å². The van der Waals surface area contributed by atoms with Crippen molar-refractivity contribution in [3.05, 3.63) is 47.5 Å². The smallest absolute Gasteiger partial charge is 0.191 e. The van der Waals surface area contributed by atoms with Gasteiger partial charge in [-0.3, -0.25) is 4.99 Å². The zero-order valence-electron chi connectivity index (χ0n) is 15.7. The number of rotatable bonds is 9. The van der Waals surface area contributed by atoms with Gasteiger partial charge in [-0.25, -0.2) is 0 Å². The number of hydrogen-bond donors (Lipinski definition) is 2. The van der Waals surface area contributed by atoms with Gasteiger partial charge in [0, 0.05) is 44.6 Å². The number of nitrogens with one attached hydrogen (secondary N) is 2.